The normalized spacial score (nSPS) is 21.7. The number of carbonyl (C=O) groups excluding carboxylic acids is 1. The number of nitrogens with one attached hydrogen (secondary N) is 1. The highest BCUT2D eigenvalue weighted by Gasteiger charge is 2.45. The van der Waals surface area contributed by atoms with Crippen LogP contribution in [0.2, 0.25) is 0 Å². The maximum atomic E-state index is 12.3. The van der Waals surface area contributed by atoms with Crippen molar-refractivity contribution >= 4 is 21.8 Å². The number of halogens is 1. The molecule has 0 radical (unpaired) electrons. The molecule has 1 amide bonds. The van der Waals surface area contributed by atoms with Crippen molar-refractivity contribution in [2.24, 2.45) is 5.41 Å². The Morgan fingerprint density at radius 2 is 2.11 bits per heavy atom. The molecule has 2 fully saturated rings. The van der Waals surface area contributed by atoms with E-state index in [9.17, 15) is 4.79 Å². The first-order chi connectivity index (χ1) is 8.70. The van der Waals surface area contributed by atoms with Crippen molar-refractivity contribution in [3.8, 4) is 0 Å². The van der Waals surface area contributed by atoms with E-state index in [-0.39, 0.29) is 5.91 Å². The fourth-order valence-corrected chi connectivity index (χ4v) is 3.47. The molecular formula is C14H17BrN2O. The van der Waals surface area contributed by atoms with Gasteiger partial charge < -0.3 is 10.2 Å². The second kappa shape index (κ2) is 4.67. The maximum Gasteiger partial charge on any atom is 0.255 e. The van der Waals surface area contributed by atoms with Gasteiger partial charge in [-0.3, -0.25) is 4.79 Å². The van der Waals surface area contributed by atoms with E-state index in [1.807, 2.05) is 29.2 Å². The Morgan fingerprint density at radius 1 is 1.33 bits per heavy atom. The third-order valence-corrected chi connectivity index (χ3v) is 4.70. The number of carbonyl (C=O) groups is 1. The maximum absolute atomic E-state index is 12.3. The first kappa shape index (κ1) is 12.2. The summed E-state index contributed by atoms with van der Waals surface area (Å²) < 4.78 is 0.887. The molecular weight excluding hydrogens is 292 g/mol. The van der Waals surface area contributed by atoms with Crippen molar-refractivity contribution in [2.45, 2.75) is 12.8 Å². The molecule has 3 rings (SSSR count). The Hall–Kier alpha value is -0.870. The van der Waals surface area contributed by atoms with Gasteiger partial charge in [-0.2, -0.15) is 0 Å². The highest BCUT2D eigenvalue weighted by atomic mass is 79.9. The average Bonchev–Trinajstić information content (AvgIpc) is 2.37. The average molecular weight is 309 g/mol. The Kier molecular flexibility index (Phi) is 3.16. The van der Waals surface area contributed by atoms with E-state index in [2.05, 4.69) is 21.2 Å². The van der Waals surface area contributed by atoms with Crippen LogP contribution in [0.15, 0.2) is 28.7 Å². The van der Waals surface area contributed by atoms with Crippen molar-refractivity contribution in [1.29, 1.82) is 0 Å². The molecule has 96 valence electrons. The summed E-state index contributed by atoms with van der Waals surface area (Å²) in [6, 6.07) is 7.65. The molecule has 2 saturated heterocycles. The molecule has 1 aromatic rings. The Bertz CT molecular complexity index is 461. The van der Waals surface area contributed by atoms with E-state index in [0.717, 1.165) is 36.2 Å². The van der Waals surface area contributed by atoms with Gasteiger partial charge in [-0.1, -0.05) is 12.1 Å². The van der Waals surface area contributed by atoms with Gasteiger partial charge in [0.1, 0.15) is 0 Å². The molecule has 0 bridgehead atoms. The molecule has 0 atom stereocenters. The highest BCUT2D eigenvalue weighted by molar-refractivity contribution is 9.10. The van der Waals surface area contributed by atoms with Crippen molar-refractivity contribution in [1.82, 2.24) is 10.2 Å². The van der Waals surface area contributed by atoms with Crippen LogP contribution in [0.5, 0.6) is 0 Å². The van der Waals surface area contributed by atoms with Crippen molar-refractivity contribution in [3.63, 3.8) is 0 Å². The van der Waals surface area contributed by atoms with Crippen molar-refractivity contribution in [2.75, 3.05) is 26.2 Å². The summed E-state index contributed by atoms with van der Waals surface area (Å²) >= 11 is 3.45. The van der Waals surface area contributed by atoms with Crippen LogP contribution in [-0.2, 0) is 0 Å². The minimum atomic E-state index is 0.152. The van der Waals surface area contributed by atoms with Gasteiger partial charge in [-0.15, -0.1) is 0 Å². The lowest BCUT2D eigenvalue weighted by molar-refractivity contribution is -0.00728. The molecule has 3 nitrogen and oxygen atoms in total. The van der Waals surface area contributed by atoms with Gasteiger partial charge in [0.05, 0.1) is 5.56 Å². The molecule has 0 aliphatic carbocycles. The second-order valence-electron chi connectivity index (χ2n) is 5.42. The largest absolute Gasteiger partial charge is 0.337 e. The minimum absolute atomic E-state index is 0.152. The van der Waals surface area contributed by atoms with Crippen LogP contribution >= 0.6 is 15.9 Å². The lowest BCUT2D eigenvalue weighted by atomic mass is 9.74. The summed E-state index contributed by atoms with van der Waals surface area (Å²) in [6.07, 6.45) is 2.48. The molecule has 0 unspecified atom stereocenters. The molecule has 2 aliphatic rings. The van der Waals surface area contributed by atoms with Crippen molar-refractivity contribution in [3.05, 3.63) is 34.3 Å². The standard InChI is InChI=1S/C14H17BrN2O/c15-12-5-2-1-4-11(12)13(18)17-9-14(10-17)6-3-7-16-8-14/h1-2,4-5,16H,3,6-10H2. The summed E-state index contributed by atoms with van der Waals surface area (Å²) in [5.74, 6) is 0.152. The topological polar surface area (TPSA) is 32.3 Å². The van der Waals surface area contributed by atoms with E-state index in [4.69, 9.17) is 0 Å². The smallest absolute Gasteiger partial charge is 0.255 e. The Morgan fingerprint density at radius 3 is 2.78 bits per heavy atom. The first-order valence-electron chi connectivity index (χ1n) is 6.45. The van der Waals surface area contributed by atoms with Crippen LogP contribution in [0.25, 0.3) is 0 Å². The number of rotatable bonds is 1. The van der Waals surface area contributed by atoms with Crippen LogP contribution in [0.4, 0.5) is 0 Å². The molecule has 0 aromatic heterocycles. The minimum Gasteiger partial charge on any atom is -0.337 e. The highest BCUT2D eigenvalue weighted by Crippen LogP contribution is 2.37. The van der Waals surface area contributed by atoms with Crippen LogP contribution in [-0.4, -0.2) is 37.0 Å². The van der Waals surface area contributed by atoms with Crippen molar-refractivity contribution < 1.29 is 4.79 Å². The fourth-order valence-electron chi connectivity index (χ4n) is 3.01. The van der Waals surface area contributed by atoms with Gasteiger partial charge in [0.15, 0.2) is 0 Å². The van der Waals surface area contributed by atoms with Crippen LogP contribution in [0.3, 0.4) is 0 Å². The predicted molar refractivity (Wildman–Crippen MR) is 74.6 cm³/mol. The summed E-state index contributed by atoms with van der Waals surface area (Å²) in [4.78, 5) is 14.3. The number of amides is 1. The van der Waals surface area contributed by atoms with Gasteiger partial charge in [0, 0.05) is 29.5 Å². The molecule has 18 heavy (non-hydrogen) atoms. The van der Waals surface area contributed by atoms with E-state index in [1.165, 1.54) is 12.8 Å². The number of hydrogen-bond acceptors (Lipinski definition) is 2. The Balaban J connectivity index is 1.68. The fraction of sp³-hybridized carbons (Fsp3) is 0.500. The zero-order valence-electron chi connectivity index (χ0n) is 10.3. The van der Waals surface area contributed by atoms with E-state index in [0.29, 0.717) is 5.41 Å². The third kappa shape index (κ3) is 2.08. The first-order valence-corrected chi connectivity index (χ1v) is 7.24. The lowest BCUT2D eigenvalue weighted by Crippen LogP contribution is -2.63. The van der Waals surface area contributed by atoms with Crippen LogP contribution in [0, 0.1) is 5.41 Å². The molecule has 2 aliphatic heterocycles. The summed E-state index contributed by atoms with van der Waals surface area (Å²) in [5.41, 5.74) is 1.13. The van der Waals surface area contributed by atoms with E-state index in [1.54, 1.807) is 0 Å². The number of nitrogens with zero attached hydrogens (tertiary/aromatic N) is 1. The second-order valence-corrected chi connectivity index (χ2v) is 6.28. The van der Waals surface area contributed by atoms with E-state index >= 15 is 0 Å². The third-order valence-electron chi connectivity index (χ3n) is 4.00. The van der Waals surface area contributed by atoms with Crippen LogP contribution < -0.4 is 5.32 Å². The SMILES string of the molecule is O=C(c1ccccc1Br)N1CC2(CCCNC2)C1. The summed E-state index contributed by atoms with van der Waals surface area (Å²) in [6.45, 7) is 3.99. The molecule has 2 heterocycles. The monoisotopic (exact) mass is 308 g/mol. The lowest BCUT2D eigenvalue weighted by Gasteiger charge is -2.52. The predicted octanol–water partition coefficient (Wildman–Crippen LogP) is 2.27. The zero-order chi connectivity index (χ0) is 12.6. The molecule has 1 spiro atoms. The van der Waals surface area contributed by atoms with Gasteiger partial charge in [0.2, 0.25) is 0 Å². The number of benzene rings is 1. The van der Waals surface area contributed by atoms with Gasteiger partial charge in [-0.05, 0) is 47.4 Å². The summed E-state index contributed by atoms with van der Waals surface area (Å²) in [5, 5.41) is 3.44. The van der Waals surface area contributed by atoms with Gasteiger partial charge in [0.25, 0.3) is 5.91 Å². The molecule has 1 N–H and O–H groups in total. The quantitative estimate of drug-likeness (QED) is 0.863. The van der Waals surface area contributed by atoms with Gasteiger partial charge >= 0.3 is 0 Å². The molecule has 1 aromatic carbocycles. The van der Waals surface area contributed by atoms with E-state index < -0.39 is 0 Å². The number of hydrogen-bond donors (Lipinski definition) is 1. The molecule has 0 saturated carbocycles. The van der Waals surface area contributed by atoms with Gasteiger partial charge in [-0.25, -0.2) is 0 Å². The number of piperidine rings is 1. The summed E-state index contributed by atoms with van der Waals surface area (Å²) in [7, 11) is 0. The number of likely N-dealkylation sites (tertiary alicyclic amines) is 1. The zero-order valence-corrected chi connectivity index (χ0v) is 11.9. The van der Waals surface area contributed by atoms with Crippen LogP contribution in [0.1, 0.15) is 23.2 Å². The molecule has 4 heteroatoms. The Labute approximate surface area is 116 Å².